The molecule has 0 aromatic carbocycles. The Bertz CT molecular complexity index is 360. The molecule has 1 aromatic rings. The molecule has 7 heteroatoms. The molecule has 1 heterocycles. The maximum atomic E-state index is 10.8. The summed E-state index contributed by atoms with van der Waals surface area (Å²) < 4.78 is 0. The zero-order valence-corrected chi connectivity index (χ0v) is 7.14. The van der Waals surface area contributed by atoms with Gasteiger partial charge in [-0.05, 0) is 12.1 Å². The summed E-state index contributed by atoms with van der Waals surface area (Å²) >= 11 is 0. The first-order chi connectivity index (χ1) is 6.68. The lowest BCUT2D eigenvalue weighted by atomic mass is 10.4. The molecule has 14 heavy (non-hydrogen) atoms. The van der Waals surface area contributed by atoms with E-state index < -0.39 is 12.0 Å². The van der Waals surface area contributed by atoms with Crippen LogP contribution < -0.4 is 11.1 Å². The minimum Gasteiger partial charge on any atom is -0.370 e. The lowest BCUT2D eigenvalue weighted by Gasteiger charge is -1.94. The van der Waals surface area contributed by atoms with Gasteiger partial charge < -0.3 is 5.73 Å². The number of carbonyl (C=O) groups excluding carboxylic acids is 1. The number of hydrogen-bond acceptors (Lipinski definition) is 4. The number of urea groups is 1. The monoisotopic (exact) mass is 192 g/mol. The molecule has 0 saturated heterocycles. The van der Waals surface area contributed by atoms with Gasteiger partial charge >= 0.3 is 6.03 Å². The number of amides is 2. The van der Waals surface area contributed by atoms with Crippen molar-refractivity contribution in [1.29, 1.82) is 5.41 Å². The highest BCUT2D eigenvalue weighted by Gasteiger charge is 1.97. The van der Waals surface area contributed by atoms with E-state index in [0.717, 1.165) is 0 Å². The molecule has 1 rings (SSSR count). The van der Waals surface area contributed by atoms with Crippen molar-refractivity contribution in [2.75, 3.05) is 0 Å². The van der Waals surface area contributed by atoms with Crippen LogP contribution in [0.5, 0.6) is 0 Å². The number of rotatable bonds is 1. The smallest absolute Gasteiger partial charge is 0.366 e. The van der Waals surface area contributed by atoms with Crippen molar-refractivity contribution in [2.24, 2.45) is 16.0 Å². The van der Waals surface area contributed by atoms with Crippen molar-refractivity contribution >= 4 is 17.7 Å². The number of azo groups is 1. The molecule has 0 aliphatic rings. The van der Waals surface area contributed by atoms with Crippen molar-refractivity contribution in [2.45, 2.75) is 0 Å². The van der Waals surface area contributed by atoms with Crippen molar-refractivity contribution in [3.8, 4) is 0 Å². The predicted molar refractivity (Wildman–Crippen MR) is 49.2 cm³/mol. The number of aromatic nitrogens is 1. The van der Waals surface area contributed by atoms with E-state index in [9.17, 15) is 4.79 Å². The van der Waals surface area contributed by atoms with E-state index in [4.69, 9.17) is 11.1 Å². The molecule has 0 saturated carbocycles. The minimum absolute atomic E-state index is 0.450. The predicted octanol–water partition coefficient (Wildman–Crippen LogP) is 0.768. The summed E-state index contributed by atoms with van der Waals surface area (Å²) in [6.45, 7) is 0. The molecule has 0 radical (unpaired) electrons. The Hall–Kier alpha value is -2.31. The third kappa shape index (κ3) is 3.39. The van der Waals surface area contributed by atoms with E-state index in [-0.39, 0.29) is 0 Å². The number of nitrogens with two attached hydrogens (primary N) is 1. The Balaban J connectivity index is 2.56. The molecule has 7 nitrogen and oxygen atoms in total. The van der Waals surface area contributed by atoms with E-state index in [1.54, 1.807) is 18.3 Å². The highest BCUT2D eigenvalue weighted by molar-refractivity contribution is 5.93. The minimum atomic E-state index is -0.790. The van der Waals surface area contributed by atoms with Crippen LogP contribution in [0.4, 0.5) is 10.5 Å². The van der Waals surface area contributed by atoms with Gasteiger partial charge in [0.2, 0.25) is 0 Å². The molecule has 0 unspecified atom stereocenters. The maximum Gasteiger partial charge on any atom is 0.366 e. The summed E-state index contributed by atoms with van der Waals surface area (Å²) in [6.07, 6.45) is 3.03. The van der Waals surface area contributed by atoms with E-state index >= 15 is 0 Å². The molecule has 1 aromatic heterocycles. The molecular formula is C7H8N6O. The van der Waals surface area contributed by atoms with E-state index in [2.05, 4.69) is 15.2 Å². The average molecular weight is 192 g/mol. The number of carbonyl (C=O) groups is 1. The van der Waals surface area contributed by atoms with Gasteiger partial charge in [-0.2, -0.15) is 0 Å². The Labute approximate surface area is 79.6 Å². The molecule has 2 amide bonds. The van der Waals surface area contributed by atoms with Crippen LogP contribution in [0.25, 0.3) is 0 Å². The van der Waals surface area contributed by atoms with Crippen LogP contribution in [0, 0.1) is 5.41 Å². The van der Waals surface area contributed by atoms with Gasteiger partial charge in [0.15, 0.2) is 5.96 Å². The topological polar surface area (TPSA) is 117 Å². The molecule has 0 atom stereocenters. The van der Waals surface area contributed by atoms with Gasteiger partial charge in [-0.1, -0.05) is 5.11 Å². The average Bonchev–Trinajstić information content (AvgIpc) is 2.15. The van der Waals surface area contributed by atoms with E-state index in [1.807, 2.05) is 5.32 Å². The van der Waals surface area contributed by atoms with Gasteiger partial charge in [-0.25, -0.2) is 4.79 Å². The summed E-state index contributed by atoms with van der Waals surface area (Å²) in [5.74, 6) is -0.472. The zero-order valence-electron chi connectivity index (χ0n) is 7.14. The summed E-state index contributed by atoms with van der Waals surface area (Å²) in [4.78, 5) is 14.6. The number of nitrogens with zero attached hydrogens (tertiary/aromatic N) is 3. The first-order valence-electron chi connectivity index (χ1n) is 3.65. The number of hydrogen-bond donors (Lipinski definition) is 3. The molecule has 0 aliphatic carbocycles. The fourth-order valence-corrected chi connectivity index (χ4v) is 0.656. The molecule has 0 spiro atoms. The maximum absolute atomic E-state index is 10.8. The molecular weight excluding hydrogens is 184 g/mol. The van der Waals surface area contributed by atoms with Gasteiger partial charge in [0.1, 0.15) is 5.69 Å². The SMILES string of the molecule is N=C(N)NC(=O)/N=N/c1cccnc1. The number of nitrogens with one attached hydrogen (secondary N) is 2. The van der Waals surface area contributed by atoms with Gasteiger partial charge in [-0.3, -0.25) is 15.7 Å². The Kier molecular flexibility index (Phi) is 3.25. The fourth-order valence-electron chi connectivity index (χ4n) is 0.656. The first kappa shape index (κ1) is 9.78. The summed E-state index contributed by atoms with van der Waals surface area (Å²) in [5.41, 5.74) is 5.35. The third-order valence-electron chi connectivity index (χ3n) is 1.14. The highest BCUT2D eigenvalue weighted by Crippen LogP contribution is 2.07. The normalized spacial score (nSPS) is 10.0. The van der Waals surface area contributed by atoms with Gasteiger partial charge in [0.05, 0.1) is 6.20 Å². The van der Waals surface area contributed by atoms with Crippen molar-refractivity contribution < 1.29 is 4.79 Å². The molecule has 0 aliphatic heterocycles. The van der Waals surface area contributed by atoms with Crippen LogP contribution in [-0.2, 0) is 0 Å². The summed E-state index contributed by atoms with van der Waals surface area (Å²) in [7, 11) is 0. The Morgan fingerprint density at radius 3 is 3.00 bits per heavy atom. The number of guanidine groups is 1. The third-order valence-corrected chi connectivity index (χ3v) is 1.14. The Morgan fingerprint density at radius 1 is 1.64 bits per heavy atom. The summed E-state index contributed by atoms with van der Waals surface area (Å²) in [5, 5.41) is 15.5. The van der Waals surface area contributed by atoms with E-state index in [0.29, 0.717) is 5.69 Å². The van der Waals surface area contributed by atoms with Crippen LogP contribution in [0.15, 0.2) is 34.8 Å². The lowest BCUT2D eigenvalue weighted by molar-refractivity contribution is 0.252. The standard InChI is InChI=1S/C7H8N6O/c8-6(9)11-7(14)13-12-5-2-1-3-10-4-5/h1-4H,(H4,8,9,11,14)/b13-12+. The summed E-state index contributed by atoms with van der Waals surface area (Å²) in [6, 6.07) is 2.51. The van der Waals surface area contributed by atoms with Crippen LogP contribution in [-0.4, -0.2) is 17.0 Å². The quantitative estimate of drug-likeness (QED) is 0.346. The van der Waals surface area contributed by atoms with Crippen LogP contribution >= 0.6 is 0 Å². The zero-order chi connectivity index (χ0) is 10.4. The fraction of sp³-hybridized carbons (Fsp3) is 0. The lowest BCUT2D eigenvalue weighted by Crippen LogP contribution is -2.33. The first-order valence-corrected chi connectivity index (χ1v) is 3.65. The van der Waals surface area contributed by atoms with E-state index in [1.165, 1.54) is 6.20 Å². The number of pyridine rings is 1. The van der Waals surface area contributed by atoms with Crippen molar-refractivity contribution in [3.05, 3.63) is 24.5 Å². The second-order valence-electron chi connectivity index (χ2n) is 2.26. The Morgan fingerprint density at radius 2 is 2.43 bits per heavy atom. The molecule has 0 bridgehead atoms. The van der Waals surface area contributed by atoms with Gasteiger partial charge in [-0.15, -0.1) is 5.11 Å². The van der Waals surface area contributed by atoms with Crippen molar-refractivity contribution in [1.82, 2.24) is 10.3 Å². The van der Waals surface area contributed by atoms with Gasteiger partial charge in [0.25, 0.3) is 0 Å². The largest absolute Gasteiger partial charge is 0.370 e. The highest BCUT2D eigenvalue weighted by atomic mass is 16.2. The van der Waals surface area contributed by atoms with Gasteiger partial charge in [0, 0.05) is 6.20 Å². The van der Waals surface area contributed by atoms with Crippen molar-refractivity contribution in [3.63, 3.8) is 0 Å². The molecule has 0 fully saturated rings. The second-order valence-corrected chi connectivity index (χ2v) is 2.26. The van der Waals surface area contributed by atoms with Crippen LogP contribution in [0.1, 0.15) is 0 Å². The van der Waals surface area contributed by atoms with Crippen LogP contribution in [0.2, 0.25) is 0 Å². The van der Waals surface area contributed by atoms with Crippen LogP contribution in [0.3, 0.4) is 0 Å². The molecule has 72 valence electrons. The molecule has 4 N–H and O–H groups in total. The second kappa shape index (κ2) is 4.65.